The maximum Gasteiger partial charge on any atom is 0.187 e. The normalized spacial score (nSPS) is 10.5. The average molecular weight is 279 g/mol. The van der Waals surface area contributed by atoms with Crippen molar-refractivity contribution in [2.24, 2.45) is 0 Å². The predicted molar refractivity (Wildman–Crippen MR) is 70.6 cm³/mol. The van der Waals surface area contributed by atoms with Crippen LogP contribution in [-0.4, -0.2) is 4.98 Å². The van der Waals surface area contributed by atoms with Gasteiger partial charge in [0.05, 0.1) is 17.3 Å². The molecule has 2 rings (SSSR count). The maximum absolute atomic E-state index is 13.7. The minimum atomic E-state index is -0.808. The van der Waals surface area contributed by atoms with Gasteiger partial charge in [-0.25, -0.2) is 13.8 Å². The number of anilines is 2. The van der Waals surface area contributed by atoms with E-state index in [-0.39, 0.29) is 17.2 Å². The van der Waals surface area contributed by atoms with Crippen LogP contribution in [0.3, 0.4) is 0 Å². The largest absolute Gasteiger partial charge is 0.327 e. The van der Waals surface area contributed by atoms with Gasteiger partial charge >= 0.3 is 0 Å². The number of halogens is 2. The second-order valence-electron chi connectivity index (χ2n) is 4.28. The summed E-state index contributed by atoms with van der Waals surface area (Å²) in [5.41, 5.74) is 0.521. The highest BCUT2D eigenvalue weighted by Gasteiger charge is 2.13. The Kier molecular flexibility index (Phi) is 3.76. The number of nitrogens with zero attached hydrogens (tertiary/aromatic N) is 2. The SMILES string of the molecule is CC(C)c1csc(Nc2c(F)cc(C#N)cc2F)n1. The average Bonchev–Trinajstić information content (AvgIpc) is 2.82. The molecule has 3 nitrogen and oxygen atoms in total. The van der Waals surface area contributed by atoms with E-state index < -0.39 is 11.6 Å². The predicted octanol–water partition coefficient (Wildman–Crippen LogP) is 4.16. The molecule has 1 N–H and O–H groups in total. The molecule has 19 heavy (non-hydrogen) atoms. The molecule has 0 aliphatic rings. The minimum Gasteiger partial charge on any atom is -0.327 e. The van der Waals surface area contributed by atoms with E-state index in [4.69, 9.17) is 5.26 Å². The first kappa shape index (κ1) is 13.4. The van der Waals surface area contributed by atoms with Crippen molar-refractivity contribution in [3.05, 3.63) is 40.4 Å². The number of rotatable bonds is 3. The minimum absolute atomic E-state index is 0.0532. The van der Waals surface area contributed by atoms with Crippen LogP contribution >= 0.6 is 11.3 Å². The molecule has 1 aromatic carbocycles. The summed E-state index contributed by atoms with van der Waals surface area (Å²) in [5, 5.41) is 13.5. The van der Waals surface area contributed by atoms with Gasteiger partial charge in [-0.15, -0.1) is 11.3 Å². The third-order valence-electron chi connectivity index (χ3n) is 2.52. The van der Waals surface area contributed by atoms with E-state index in [1.807, 2.05) is 19.2 Å². The van der Waals surface area contributed by atoms with Crippen LogP contribution in [0.1, 0.15) is 31.0 Å². The molecule has 0 aliphatic carbocycles. The number of aromatic nitrogens is 1. The van der Waals surface area contributed by atoms with Crippen molar-refractivity contribution in [3.63, 3.8) is 0 Å². The Morgan fingerprint density at radius 2 is 1.95 bits per heavy atom. The number of nitriles is 1. The Balaban J connectivity index is 2.30. The van der Waals surface area contributed by atoms with Gasteiger partial charge in [0.15, 0.2) is 16.8 Å². The topological polar surface area (TPSA) is 48.7 Å². The first-order chi connectivity index (χ1) is 9.01. The third-order valence-corrected chi connectivity index (χ3v) is 3.29. The number of hydrogen-bond acceptors (Lipinski definition) is 4. The first-order valence-electron chi connectivity index (χ1n) is 5.63. The van der Waals surface area contributed by atoms with E-state index in [0.29, 0.717) is 5.13 Å². The maximum atomic E-state index is 13.7. The second-order valence-corrected chi connectivity index (χ2v) is 5.14. The highest BCUT2D eigenvalue weighted by molar-refractivity contribution is 7.13. The van der Waals surface area contributed by atoms with Crippen molar-refractivity contribution >= 4 is 22.2 Å². The molecular formula is C13H11F2N3S. The van der Waals surface area contributed by atoms with Gasteiger partial charge in [-0.05, 0) is 18.1 Å². The second kappa shape index (κ2) is 5.33. The van der Waals surface area contributed by atoms with Gasteiger partial charge in [0.1, 0.15) is 5.69 Å². The zero-order chi connectivity index (χ0) is 14.0. The van der Waals surface area contributed by atoms with Crippen molar-refractivity contribution in [2.45, 2.75) is 19.8 Å². The molecule has 1 aromatic heterocycles. The summed E-state index contributed by atoms with van der Waals surface area (Å²) in [6, 6.07) is 3.67. The zero-order valence-corrected chi connectivity index (χ0v) is 11.2. The van der Waals surface area contributed by atoms with Crippen LogP contribution in [0.4, 0.5) is 19.6 Å². The molecule has 0 spiro atoms. The van der Waals surface area contributed by atoms with Gasteiger partial charge in [0.2, 0.25) is 0 Å². The van der Waals surface area contributed by atoms with Crippen LogP contribution < -0.4 is 5.32 Å². The lowest BCUT2D eigenvalue weighted by atomic mass is 10.2. The molecule has 0 atom stereocenters. The number of thiazole rings is 1. The zero-order valence-electron chi connectivity index (χ0n) is 10.4. The van der Waals surface area contributed by atoms with Gasteiger partial charge in [0.25, 0.3) is 0 Å². The molecule has 98 valence electrons. The summed E-state index contributed by atoms with van der Waals surface area (Å²) in [5.74, 6) is -1.36. The summed E-state index contributed by atoms with van der Waals surface area (Å²) in [4.78, 5) is 4.24. The molecule has 0 fully saturated rings. The molecular weight excluding hydrogens is 268 g/mol. The van der Waals surface area contributed by atoms with Crippen molar-refractivity contribution in [2.75, 3.05) is 5.32 Å². The molecule has 6 heteroatoms. The smallest absolute Gasteiger partial charge is 0.187 e. The fourth-order valence-corrected chi connectivity index (χ4v) is 2.35. The Labute approximate surface area is 113 Å². The van der Waals surface area contributed by atoms with Crippen LogP contribution in [0.15, 0.2) is 17.5 Å². The van der Waals surface area contributed by atoms with Crippen molar-refractivity contribution in [3.8, 4) is 6.07 Å². The van der Waals surface area contributed by atoms with Gasteiger partial charge < -0.3 is 5.32 Å². The van der Waals surface area contributed by atoms with Crippen LogP contribution in [0.5, 0.6) is 0 Å². The first-order valence-corrected chi connectivity index (χ1v) is 6.51. The lowest BCUT2D eigenvalue weighted by Gasteiger charge is -2.06. The van der Waals surface area contributed by atoms with Crippen LogP contribution in [0.25, 0.3) is 0 Å². The van der Waals surface area contributed by atoms with Gasteiger partial charge in [-0.1, -0.05) is 13.8 Å². The van der Waals surface area contributed by atoms with E-state index >= 15 is 0 Å². The highest BCUT2D eigenvalue weighted by atomic mass is 32.1. The Bertz CT molecular complexity index is 621. The quantitative estimate of drug-likeness (QED) is 0.917. The van der Waals surface area contributed by atoms with Crippen LogP contribution in [-0.2, 0) is 0 Å². The molecule has 0 saturated heterocycles. The van der Waals surface area contributed by atoms with Crippen molar-refractivity contribution in [1.82, 2.24) is 4.98 Å². The molecule has 0 aliphatic heterocycles. The molecule has 1 heterocycles. The van der Waals surface area contributed by atoms with Crippen molar-refractivity contribution < 1.29 is 8.78 Å². The van der Waals surface area contributed by atoms with Crippen LogP contribution in [0.2, 0.25) is 0 Å². The third kappa shape index (κ3) is 2.88. The Hall–Kier alpha value is -2.00. The van der Waals surface area contributed by atoms with Crippen molar-refractivity contribution in [1.29, 1.82) is 5.26 Å². The molecule has 0 amide bonds. The monoisotopic (exact) mass is 279 g/mol. The summed E-state index contributed by atoms with van der Waals surface area (Å²) < 4.78 is 27.3. The van der Waals surface area contributed by atoms with E-state index in [2.05, 4.69) is 10.3 Å². The number of benzene rings is 1. The summed E-state index contributed by atoms with van der Waals surface area (Å²) in [6.07, 6.45) is 0. The standard InChI is InChI=1S/C13H11F2N3S/c1-7(2)11-6-19-13(17-11)18-12-9(14)3-8(5-16)4-10(12)15/h3-4,6-7H,1-2H3,(H,17,18). The van der Waals surface area contributed by atoms with Crippen LogP contribution in [0, 0.1) is 23.0 Å². The lowest BCUT2D eigenvalue weighted by Crippen LogP contribution is -1.99. The van der Waals surface area contributed by atoms with Gasteiger partial charge in [0, 0.05) is 5.38 Å². The fourth-order valence-electron chi connectivity index (χ4n) is 1.47. The molecule has 0 radical (unpaired) electrons. The summed E-state index contributed by atoms with van der Waals surface area (Å²) in [7, 11) is 0. The van der Waals surface area contributed by atoms with Gasteiger partial charge in [-0.3, -0.25) is 0 Å². The molecule has 0 bridgehead atoms. The number of hydrogen-bond donors (Lipinski definition) is 1. The fraction of sp³-hybridized carbons (Fsp3) is 0.231. The van der Waals surface area contributed by atoms with E-state index in [1.165, 1.54) is 11.3 Å². The van der Waals surface area contributed by atoms with E-state index in [0.717, 1.165) is 17.8 Å². The lowest BCUT2D eigenvalue weighted by molar-refractivity contribution is 0.590. The molecule has 2 aromatic rings. The Morgan fingerprint density at radius 3 is 2.42 bits per heavy atom. The van der Waals surface area contributed by atoms with Gasteiger partial charge in [-0.2, -0.15) is 5.26 Å². The highest BCUT2D eigenvalue weighted by Crippen LogP contribution is 2.28. The number of nitrogens with one attached hydrogen (secondary N) is 1. The summed E-state index contributed by atoms with van der Waals surface area (Å²) >= 11 is 1.28. The van der Waals surface area contributed by atoms with E-state index in [1.54, 1.807) is 6.07 Å². The summed E-state index contributed by atoms with van der Waals surface area (Å²) in [6.45, 7) is 3.98. The molecule has 0 saturated carbocycles. The Morgan fingerprint density at radius 1 is 1.32 bits per heavy atom. The molecule has 0 unspecified atom stereocenters. The van der Waals surface area contributed by atoms with E-state index in [9.17, 15) is 8.78 Å².